The number of nitrogens with zero attached hydrogens (tertiary/aromatic N) is 2. The Hall–Kier alpha value is -2.77. The third-order valence-electron chi connectivity index (χ3n) is 6.57. The van der Waals surface area contributed by atoms with Crippen LogP contribution >= 0.6 is 24.2 Å². The lowest BCUT2D eigenvalue weighted by atomic mass is 9.98. The standard InChI is InChI=1S/C30H38ClN3O3S/c1-5-6-11-27-33-28(31)26(17-32-29(35)23(19-38)16-20(2)3)34(27)18-21-12-14-22(15-13-21)24-9-7-8-10-25(24)30(36)37-4/h7-10,12-15,20,23,38H,5-6,11,16-19H2,1-4H3,(H,32,35)/t23-/m1/s1. The number of rotatable bonds is 13. The van der Waals surface area contributed by atoms with Crippen LogP contribution in [0.25, 0.3) is 11.1 Å². The zero-order chi connectivity index (χ0) is 27.7. The highest BCUT2D eigenvalue weighted by Gasteiger charge is 2.21. The van der Waals surface area contributed by atoms with Gasteiger partial charge in [0.15, 0.2) is 5.15 Å². The number of imidazole rings is 1. The molecule has 0 aliphatic rings. The van der Waals surface area contributed by atoms with Crippen molar-refractivity contribution in [2.45, 2.75) is 59.5 Å². The molecule has 0 bridgehead atoms. The zero-order valence-corrected chi connectivity index (χ0v) is 24.3. The number of benzene rings is 2. The number of halogens is 1. The maximum atomic E-state index is 12.8. The minimum Gasteiger partial charge on any atom is -0.465 e. The zero-order valence-electron chi connectivity index (χ0n) is 22.7. The number of unbranched alkanes of at least 4 members (excludes halogenated alkanes) is 1. The highest BCUT2D eigenvalue weighted by Crippen LogP contribution is 2.26. The normalized spacial score (nSPS) is 12.0. The Morgan fingerprint density at radius 2 is 1.84 bits per heavy atom. The van der Waals surface area contributed by atoms with Crippen LogP contribution in [0, 0.1) is 11.8 Å². The van der Waals surface area contributed by atoms with E-state index in [1.165, 1.54) is 7.11 Å². The number of aromatic nitrogens is 2. The first-order valence-corrected chi connectivity index (χ1v) is 14.2. The molecule has 0 aliphatic heterocycles. The Morgan fingerprint density at radius 3 is 2.47 bits per heavy atom. The molecule has 0 fully saturated rings. The fraction of sp³-hybridized carbons (Fsp3) is 0.433. The summed E-state index contributed by atoms with van der Waals surface area (Å²) in [6.45, 7) is 7.24. The SMILES string of the molecule is CCCCc1nc(Cl)c(CNC(=O)[C@@H](CS)CC(C)C)n1Cc1ccc(-c2ccccc2C(=O)OC)cc1. The second-order valence-electron chi connectivity index (χ2n) is 9.92. The summed E-state index contributed by atoms with van der Waals surface area (Å²) in [6.07, 6.45) is 3.64. The number of nitrogens with one attached hydrogen (secondary N) is 1. The number of carbonyl (C=O) groups is 2. The first-order valence-electron chi connectivity index (χ1n) is 13.2. The molecule has 2 aromatic carbocycles. The third-order valence-corrected chi connectivity index (χ3v) is 7.32. The predicted molar refractivity (Wildman–Crippen MR) is 157 cm³/mol. The van der Waals surface area contributed by atoms with Crippen LogP contribution in [0.4, 0.5) is 0 Å². The Labute approximate surface area is 236 Å². The van der Waals surface area contributed by atoms with Gasteiger partial charge in [-0.15, -0.1) is 0 Å². The van der Waals surface area contributed by atoms with Crippen LogP contribution in [0.1, 0.15) is 67.5 Å². The van der Waals surface area contributed by atoms with Gasteiger partial charge in [-0.3, -0.25) is 4.79 Å². The van der Waals surface area contributed by atoms with Crippen molar-refractivity contribution in [1.29, 1.82) is 0 Å². The average Bonchev–Trinajstić information content (AvgIpc) is 3.22. The number of ether oxygens (including phenoxy) is 1. The van der Waals surface area contributed by atoms with Crippen molar-refractivity contribution in [3.63, 3.8) is 0 Å². The van der Waals surface area contributed by atoms with E-state index in [0.717, 1.165) is 53.9 Å². The van der Waals surface area contributed by atoms with Crippen LogP contribution in [0.2, 0.25) is 5.15 Å². The molecular formula is C30H38ClN3O3S. The van der Waals surface area contributed by atoms with E-state index < -0.39 is 0 Å². The summed E-state index contributed by atoms with van der Waals surface area (Å²) in [6, 6.07) is 15.5. The van der Waals surface area contributed by atoms with Crippen molar-refractivity contribution in [2.75, 3.05) is 12.9 Å². The number of aryl methyl sites for hydroxylation is 1. The quantitative estimate of drug-likeness (QED) is 0.184. The highest BCUT2D eigenvalue weighted by molar-refractivity contribution is 7.80. The van der Waals surface area contributed by atoms with Gasteiger partial charge in [0.1, 0.15) is 5.82 Å². The van der Waals surface area contributed by atoms with E-state index in [0.29, 0.717) is 35.5 Å². The maximum Gasteiger partial charge on any atom is 0.338 e. The van der Waals surface area contributed by atoms with Crippen molar-refractivity contribution in [3.05, 3.63) is 76.3 Å². The molecule has 1 atom stereocenters. The summed E-state index contributed by atoms with van der Waals surface area (Å²) in [7, 11) is 1.39. The number of thiol groups is 1. The molecule has 0 unspecified atom stereocenters. The van der Waals surface area contributed by atoms with E-state index in [9.17, 15) is 9.59 Å². The minimum atomic E-state index is -0.362. The number of amides is 1. The van der Waals surface area contributed by atoms with Crippen molar-refractivity contribution in [1.82, 2.24) is 14.9 Å². The minimum absolute atomic E-state index is 0.0127. The molecule has 6 nitrogen and oxygen atoms in total. The largest absolute Gasteiger partial charge is 0.465 e. The molecule has 0 radical (unpaired) electrons. The van der Waals surface area contributed by atoms with Crippen LogP contribution in [-0.2, 0) is 29.0 Å². The summed E-state index contributed by atoms with van der Waals surface area (Å²) in [5.74, 6) is 1.31. The number of esters is 1. The van der Waals surface area contributed by atoms with Gasteiger partial charge in [0.2, 0.25) is 5.91 Å². The summed E-state index contributed by atoms with van der Waals surface area (Å²) >= 11 is 11.0. The van der Waals surface area contributed by atoms with Gasteiger partial charge in [-0.2, -0.15) is 12.6 Å². The molecule has 1 N–H and O–H groups in total. The lowest BCUT2D eigenvalue weighted by Crippen LogP contribution is -2.33. The predicted octanol–water partition coefficient (Wildman–Crippen LogP) is 6.59. The number of methoxy groups -OCH3 is 1. The molecule has 8 heteroatoms. The monoisotopic (exact) mass is 555 g/mol. The van der Waals surface area contributed by atoms with Crippen molar-refractivity contribution >= 4 is 36.1 Å². The van der Waals surface area contributed by atoms with Gasteiger partial charge >= 0.3 is 5.97 Å². The highest BCUT2D eigenvalue weighted by atomic mass is 35.5. The first-order chi connectivity index (χ1) is 18.3. The van der Waals surface area contributed by atoms with Crippen LogP contribution in [-0.4, -0.2) is 34.3 Å². The summed E-state index contributed by atoms with van der Waals surface area (Å²) in [4.78, 5) is 29.7. The van der Waals surface area contributed by atoms with Gasteiger partial charge < -0.3 is 14.6 Å². The molecule has 0 aliphatic carbocycles. The average molecular weight is 556 g/mol. The molecule has 3 rings (SSSR count). The van der Waals surface area contributed by atoms with Crippen LogP contribution < -0.4 is 5.32 Å². The maximum absolute atomic E-state index is 12.8. The topological polar surface area (TPSA) is 73.2 Å². The second kappa shape index (κ2) is 14.4. The van der Waals surface area contributed by atoms with Gasteiger partial charge in [-0.1, -0.05) is 81.3 Å². The Bertz CT molecular complexity index is 1220. The first kappa shape index (κ1) is 29.8. The van der Waals surface area contributed by atoms with Gasteiger partial charge in [0, 0.05) is 24.6 Å². The molecule has 1 aromatic heterocycles. The Morgan fingerprint density at radius 1 is 1.13 bits per heavy atom. The summed E-state index contributed by atoms with van der Waals surface area (Å²) < 4.78 is 7.07. The molecule has 38 heavy (non-hydrogen) atoms. The van der Waals surface area contributed by atoms with E-state index in [1.54, 1.807) is 6.07 Å². The third kappa shape index (κ3) is 7.64. The van der Waals surface area contributed by atoms with Gasteiger partial charge in [-0.05, 0) is 41.5 Å². The second-order valence-corrected chi connectivity index (χ2v) is 10.6. The number of carbonyl (C=O) groups excluding carboxylic acids is 2. The van der Waals surface area contributed by atoms with E-state index in [1.807, 2.05) is 42.5 Å². The van der Waals surface area contributed by atoms with E-state index in [4.69, 9.17) is 16.3 Å². The smallest absolute Gasteiger partial charge is 0.338 e. The Kier molecular flexibility index (Phi) is 11.3. The lowest BCUT2D eigenvalue weighted by Gasteiger charge is -2.18. The van der Waals surface area contributed by atoms with E-state index in [2.05, 4.69) is 48.3 Å². The molecule has 0 spiro atoms. The molecule has 1 heterocycles. The van der Waals surface area contributed by atoms with Crippen molar-refractivity contribution in [2.24, 2.45) is 11.8 Å². The van der Waals surface area contributed by atoms with Gasteiger partial charge in [0.05, 0.1) is 24.9 Å². The number of hydrogen-bond donors (Lipinski definition) is 2. The molecule has 204 valence electrons. The number of hydrogen-bond acceptors (Lipinski definition) is 5. The van der Waals surface area contributed by atoms with Crippen LogP contribution in [0.5, 0.6) is 0 Å². The van der Waals surface area contributed by atoms with Gasteiger partial charge in [0.25, 0.3) is 0 Å². The van der Waals surface area contributed by atoms with Crippen molar-refractivity contribution in [3.8, 4) is 11.1 Å². The fourth-order valence-corrected chi connectivity index (χ4v) is 5.11. The fourth-order valence-electron chi connectivity index (χ4n) is 4.53. The van der Waals surface area contributed by atoms with Crippen LogP contribution in [0.15, 0.2) is 48.5 Å². The van der Waals surface area contributed by atoms with E-state index in [-0.39, 0.29) is 17.8 Å². The molecular weight excluding hydrogens is 518 g/mol. The molecule has 3 aromatic rings. The van der Waals surface area contributed by atoms with Gasteiger partial charge in [-0.25, -0.2) is 9.78 Å². The molecule has 0 saturated heterocycles. The van der Waals surface area contributed by atoms with E-state index >= 15 is 0 Å². The molecule has 1 amide bonds. The molecule has 0 saturated carbocycles. The Balaban J connectivity index is 1.85. The summed E-state index contributed by atoms with van der Waals surface area (Å²) in [5, 5.41) is 3.49. The van der Waals surface area contributed by atoms with Crippen LogP contribution in [0.3, 0.4) is 0 Å². The lowest BCUT2D eigenvalue weighted by molar-refractivity contribution is -0.124. The summed E-state index contributed by atoms with van der Waals surface area (Å²) in [5.41, 5.74) is 4.15. The van der Waals surface area contributed by atoms with Crippen molar-refractivity contribution < 1.29 is 14.3 Å².